The van der Waals surface area contributed by atoms with E-state index in [1.54, 1.807) is 11.9 Å². The van der Waals surface area contributed by atoms with Gasteiger partial charge >= 0.3 is 0 Å². The fourth-order valence-electron chi connectivity index (χ4n) is 2.98. The van der Waals surface area contributed by atoms with Crippen LogP contribution in [0.2, 0.25) is 0 Å². The van der Waals surface area contributed by atoms with Crippen LogP contribution in [0.3, 0.4) is 0 Å². The molecule has 1 aliphatic rings. The minimum Gasteiger partial charge on any atom is -0.399 e. The van der Waals surface area contributed by atoms with Gasteiger partial charge in [0.2, 0.25) is 5.91 Å². The molecule has 110 valence electrons. The molecule has 1 aromatic rings. The van der Waals surface area contributed by atoms with Gasteiger partial charge in [-0.3, -0.25) is 4.79 Å². The summed E-state index contributed by atoms with van der Waals surface area (Å²) < 4.78 is 0. The minimum atomic E-state index is -0.397. The number of amides is 1. The molecule has 2 rings (SSSR count). The molecule has 0 heterocycles. The number of hydrogen-bond acceptors (Lipinski definition) is 3. The van der Waals surface area contributed by atoms with E-state index in [4.69, 9.17) is 5.73 Å². The molecule has 3 N–H and O–H groups in total. The van der Waals surface area contributed by atoms with Gasteiger partial charge in [0.05, 0.1) is 18.1 Å². The molecule has 3 unspecified atom stereocenters. The van der Waals surface area contributed by atoms with E-state index in [-0.39, 0.29) is 17.9 Å². The second kappa shape index (κ2) is 6.27. The summed E-state index contributed by atoms with van der Waals surface area (Å²) in [6.45, 7) is 1.89. The van der Waals surface area contributed by atoms with Gasteiger partial charge in [-0.1, -0.05) is 25.0 Å². The molecule has 0 radical (unpaired) electrons. The molecule has 0 saturated heterocycles. The van der Waals surface area contributed by atoms with Crippen molar-refractivity contribution in [1.82, 2.24) is 4.90 Å². The van der Waals surface area contributed by atoms with Crippen LogP contribution in [0.15, 0.2) is 24.3 Å². The zero-order chi connectivity index (χ0) is 14.7. The Bertz CT molecular complexity index is 475. The summed E-state index contributed by atoms with van der Waals surface area (Å²) in [6, 6.07) is 7.39. The lowest BCUT2D eigenvalue weighted by Gasteiger charge is -2.36. The van der Waals surface area contributed by atoms with Gasteiger partial charge in [-0.15, -0.1) is 0 Å². The lowest BCUT2D eigenvalue weighted by Crippen LogP contribution is -2.47. The Morgan fingerprint density at radius 2 is 2.10 bits per heavy atom. The Morgan fingerprint density at radius 3 is 2.75 bits per heavy atom. The van der Waals surface area contributed by atoms with Crippen LogP contribution < -0.4 is 5.73 Å². The number of nitrogen functional groups attached to an aromatic ring is 1. The van der Waals surface area contributed by atoms with Gasteiger partial charge in [0.1, 0.15) is 0 Å². The fraction of sp³-hybridized carbons (Fsp3) is 0.562. The van der Waals surface area contributed by atoms with Gasteiger partial charge in [0.15, 0.2) is 0 Å². The highest BCUT2D eigenvalue weighted by molar-refractivity contribution is 5.83. The van der Waals surface area contributed by atoms with Crippen LogP contribution in [0.1, 0.15) is 44.1 Å². The summed E-state index contributed by atoms with van der Waals surface area (Å²) in [5.74, 6) is -0.195. The predicted molar refractivity (Wildman–Crippen MR) is 80.3 cm³/mol. The van der Waals surface area contributed by atoms with Crippen LogP contribution in [0.25, 0.3) is 0 Å². The molecule has 1 fully saturated rings. The van der Waals surface area contributed by atoms with Crippen LogP contribution in [-0.2, 0) is 4.79 Å². The molecular weight excluding hydrogens is 252 g/mol. The van der Waals surface area contributed by atoms with Crippen LogP contribution >= 0.6 is 0 Å². The van der Waals surface area contributed by atoms with E-state index >= 15 is 0 Å². The van der Waals surface area contributed by atoms with Crippen molar-refractivity contribution in [2.75, 3.05) is 12.8 Å². The molecule has 0 spiro atoms. The highest BCUT2D eigenvalue weighted by atomic mass is 16.3. The molecule has 4 nitrogen and oxygen atoms in total. The first-order valence-corrected chi connectivity index (χ1v) is 7.31. The van der Waals surface area contributed by atoms with Gasteiger partial charge in [-0.05, 0) is 37.5 Å². The average Bonchev–Trinajstić information content (AvgIpc) is 2.45. The monoisotopic (exact) mass is 276 g/mol. The Labute approximate surface area is 120 Å². The Hall–Kier alpha value is -1.55. The molecule has 4 heteroatoms. The largest absolute Gasteiger partial charge is 0.399 e. The molecule has 1 amide bonds. The molecule has 3 atom stereocenters. The van der Waals surface area contributed by atoms with Crippen molar-refractivity contribution in [1.29, 1.82) is 0 Å². The molecule has 20 heavy (non-hydrogen) atoms. The quantitative estimate of drug-likeness (QED) is 0.831. The van der Waals surface area contributed by atoms with Crippen molar-refractivity contribution in [2.45, 2.75) is 50.7 Å². The van der Waals surface area contributed by atoms with Gasteiger partial charge < -0.3 is 15.7 Å². The molecule has 0 aliphatic heterocycles. The minimum absolute atomic E-state index is 0.0431. The zero-order valence-electron chi connectivity index (χ0n) is 12.2. The summed E-state index contributed by atoms with van der Waals surface area (Å²) in [4.78, 5) is 14.3. The number of nitrogens with zero attached hydrogens (tertiary/aromatic N) is 1. The number of aliphatic hydroxyl groups excluding tert-OH is 1. The zero-order valence-corrected chi connectivity index (χ0v) is 12.2. The van der Waals surface area contributed by atoms with E-state index in [9.17, 15) is 9.90 Å². The number of rotatable bonds is 3. The number of benzene rings is 1. The standard InChI is InChI=1S/C16H24N2O2/c1-11(12-6-5-7-13(17)10-12)16(20)18(2)14-8-3-4-9-15(14)19/h5-7,10-11,14-15,19H,3-4,8-9,17H2,1-2H3. The first-order valence-electron chi connectivity index (χ1n) is 7.31. The van der Waals surface area contributed by atoms with Gasteiger partial charge in [-0.25, -0.2) is 0 Å². The summed E-state index contributed by atoms with van der Waals surface area (Å²) >= 11 is 0. The van der Waals surface area contributed by atoms with Crippen LogP contribution in [0.5, 0.6) is 0 Å². The van der Waals surface area contributed by atoms with E-state index in [2.05, 4.69) is 0 Å². The topological polar surface area (TPSA) is 66.6 Å². The molecule has 1 aromatic carbocycles. The van der Waals surface area contributed by atoms with Crippen molar-refractivity contribution in [2.24, 2.45) is 0 Å². The second-order valence-corrected chi connectivity index (χ2v) is 5.76. The third-order valence-electron chi connectivity index (χ3n) is 4.32. The number of nitrogens with two attached hydrogens (primary N) is 1. The van der Waals surface area contributed by atoms with Gasteiger partial charge in [0, 0.05) is 12.7 Å². The lowest BCUT2D eigenvalue weighted by atomic mass is 9.90. The molecule has 1 saturated carbocycles. The maximum Gasteiger partial charge on any atom is 0.229 e. The maximum atomic E-state index is 12.6. The van der Waals surface area contributed by atoms with Crippen molar-refractivity contribution >= 4 is 11.6 Å². The SMILES string of the molecule is CC(C(=O)N(C)C1CCCCC1O)c1cccc(N)c1. The predicted octanol–water partition coefficient (Wildman–Crippen LogP) is 2.13. The number of carbonyl (C=O) groups is 1. The van der Waals surface area contributed by atoms with Gasteiger partial charge in [0.25, 0.3) is 0 Å². The van der Waals surface area contributed by atoms with E-state index in [0.29, 0.717) is 5.69 Å². The smallest absolute Gasteiger partial charge is 0.229 e. The van der Waals surface area contributed by atoms with Crippen molar-refractivity contribution in [3.63, 3.8) is 0 Å². The van der Waals surface area contributed by atoms with Crippen LogP contribution in [-0.4, -0.2) is 35.1 Å². The average molecular weight is 276 g/mol. The highest BCUT2D eigenvalue weighted by Gasteiger charge is 2.31. The van der Waals surface area contributed by atoms with E-state index < -0.39 is 6.10 Å². The Morgan fingerprint density at radius 1 is 1.40 bits per heavy atom. The first kappa shape index (κ1) is 14.9. The summed E-state index contributed by atoms with van der Waals surface area (Å²) in [5, 5.41) is 10.1. The number of likely N-dealkylation sites (N-methyl/N-ethyl adjacent to an activating group) is 1. The van der Waals surface area contributed by atoms with Crippen molar-refractivity contribution < 1.29 is 9.90 Å². The van der Waals surface area contributed by atoms with Crippen molar-refractivity contribution in [3.8, 4) is 0 Å². The molecule has 1 aliphatic carbocycles. The highest BCUT2D eigenvalue weighted by Crippen LogP contribution is 2.26. The number of carbonyl (C=O) groups excluding carboxylic acids is 1. The number of anilines is 1. The Balaban J connectivity index is 2.09. The number of aliphatic hydroxyl groups is 1. The van der Waals surface area contributed by atoms with E-state index in [1.807, 2.05) is 31.2 Å². The Kier molecular flexibility index (Phi) is 4.65. The molecule has 0 bridgehead atoms. The van der Waals surface area contributed by atoms with Crippen LogP contribution in [0, 0.1) is 0 Å². The second-order valence-electron chi connectivity index (χ2n) is 5.76. The summed E-state index contributed by atoms with van der Waals surface area (Å²) in [5.41, 5.74) is 7.36. The van der Waals surface area contributed by atoms with Gasteiger partial charge in [-0.2, -0.15) is 0 Å². The normalized spacial score (nSPS) is 24.1. The summed E-state index contributed by atoms with van der Waals surface area (Å²) in [7, 11) is 1.80. The third-order valence-corrected chi connectivity index (χ3v) is 4.32. The lowest BCUT2D eigenvalue weighted by molar-refractivity contribution is -0.136. The molecular formula is C16H24N2O2. The van der Waals surface area contributed by atoms with E-state index in [0.717, 1.165) is 31.2 Å². The maximum absolute atomic E-state index is 12.6. The number of hydrogen-bond donors (Lipinski definition) is 2. The summed E-state index contributed by atoms with van der Waals surface area (Å²) in [6.07, 6.45) is 3.39. The first-order chi connectivity index (χ1) is 9.50. The third kappa shape index (κ3) is 3.12. The fourth-order valence-corrected chi connectivity index (χ4v) is 2.98. The van der Waals surface area contributed by atoms with E-state index in [1.165, 1.54) is 0 Å². The molecule has 0 aromatic heterocycles. The van der Waals surface area contributed by atoms with Crippen molar-refractivity contribution in [3.05, 3.63) is 29.8 Å². The van der Waals surface area contributed by atoms with Crippen LogP contribution in [0.4, 0.5) is 5.69 Å².